The van der Waals surface area contributed by atoms with Gasteiger partial charge in [-0.1, -0.05) is 18.1 Å². The zero-order valence-electron chi connectivity index (χ0n) is 20.8. The van der Waals surface area contributed by atoms with E-state index >= 15 is 0 Å². The molecule has 1 aliphatic heterocycles. The van der Waals surface area contributed by atoms with Crippen LogP contribution in [0.5, 0.6) is 5.75 Å². The number of alkyl halides is 3. The summed E-state index contributed by atoms with van der Waals surface area (Å²) in [6.07, 6.45) is -0.553. The molecule has 1 saturated heterocycles. The molecule has 198 valence electrons. The number of rotatable bonds is 7. The molecular formula is C27H30F3N3O3S. The highest BCUT2D eigenvalue weighted by atomic mass is 32.2. The van der Waals surface area contributed by atoms with Gasteiger partial charge in [-0.15, -0.1) is 0 Å². The van der Waals surface area contributed by atoms with Crippen molar-refractivity contribution in [2.24, 2.45) is 0 Å². The van der Waals surface area contributed by atoms with Gasteiger partial charge in [-0.3, -0.25) is 0 Å². The van der Waals surface area contributed by atoms with Gasteiger partial charge in [-0.25, -0.2) is 8.42 Å². The number of nitrogens with zero attached hydrogens (tertiary/aromatic N) is 1. The summed E-state index contributed by atoms with van der Waals surface area (Å²) in [6, 6.07) is 12.0. The van der Waals surface area contributed by atoms with Crippen molar-refractivity contribution in [3.63, 3.8) is 0 Å². The molecule has 1 fully saturated rings. The highest BCUT2D eigenvalue weighted by molar-refractivity contribution is 7.90. The van der Waals surface area contributed by atoms with E-state index in [2.05, 4.69) is 22.5 Å². The number of benzene rings is 2. The number of nitrogens with one attached hydrogen (secondary N) is 2. The Bertz CT molecular complexity index is 1430. The van der Waals surface area contributed by atoms with Crippen LogP contribution in [0.25, 0.3) is 10.9 Å². The van der Waals surface area contributed by atoms with Crippen molar-refractivity contribution in [1.29, 1.82) is 0 Å². The van der Waals surface area contributed by atoms with Gasteiger partial charge in [0.2, 0.25) is 0 Å². The summed E-state index contributed by atoms with van der Waals surface area (Å²) in [5.74, 6) is 6.37. The van der Waals surface area contributed by atoms with E-state index in [9.17, 15) is 21.6 Å². The van der Waals surface area contributed by atoms with Crippen LogP contribution >= 0.6 is 0 Å². The van der Waals surface area contributed by atoms with Crippen LogP contribution in [-0.2, 0) is 22.8 Å². The van der Waals surface area contributed by atoms with Gasteiger partial charge in [0.1, 0.15) is 12.3 Å². The Balaban J connectivity index is 1.60. The molecule has 0 saturated carbocycles. The maximum absolute atomic E-state index is 13.5. The largest absolute Gasteiger partial charge is 0.496 e. The normalized spacial score (nSPS) is 14.8. The summed E-state index contributed by atoms with van der Waals surface area (Å²) in [7, 11) is -1.91. The van der Waals surface area contributed by atoms with Crippen LogP contribution in [0, 0.1) is 11.8 Å². The van der Waals surface area contributed by atoms with E-state index in [1.807, 2.05) is 6.07 Å². The number of hydrogen-bond donors (Lipinski definition) is 2. The van der Waals surface area contributed by atoms with E-state index in [-0.39, 0.29) is 10.9 Å². The second kappa shape index (κ2) is 11.1. The number of aromatic nitrogens is 1. The van der Waals surface area contributed by atoms with Crippen LogP contribution < -0.4 is 15.4 Å². The minimum atomic E-state index is -4.39. The number of halogens is 3. The van der Waals surface area contributed by atoms with Crippen molar-refractivity contribution in [3.8, 4) is 17.6 Å². The van der Waals surface area contributed by atoms with Gasteiger partial charge in [0.05, 0.1) is 23.2 Å². The number of aryl methyl sites for hydroxylation is 1. The third-order valence-corrected chi connectivity index (χ3v) is 7.51. The SMILES string of the molecule is COc1cc(S(C)(=O)=O)ccc1CCC#Cc1cc2c(NC3CCNCC3)cccc2n1CC(F)(F)F. The predicted octanol–water partition coefficient (Wildman–Crippen LogP) is 4.76. The lowest BCUT2D eigenvalue weighted by Crippen LogP contribution is -2.35. The molecule has 6 nitrogen and oxygen atoms in total. The third-order valence-electron chi connectivity index (χ3n) is 6.40. The zero-order chi connectivity index (χ0) is 26.6. The molecule has 0 unspecified atom stereocenters. The molecule has 2 heterocycles. The number of hydrogen-bond acceptors (Lipinski definition) is 5. The average Bonchev–Trinajstić information content (AvgIpc) is 3.18. The summed E-state index contributed by atoms with van der Waals surface area (Å²) >= 11 is 0. The number of anilines is 1. The van der Waals surface area contributed by atoms with Crippen molar-refractivity contribution < 1.29 is 26.3 Å². The quantitative estimate of drug-likeness (QED) is 0.429. The first kappa shape index (κ1) is 26.9. The fourth-order valence-electron chi connectivity index (χ4n) is 4.56. The Morgan fingerprint density at radius 1 is 1.16 bits per heavy atom. The van der Waals surface area contributed by atoms with E-state index in [0.717, 1.165) is 43.4 Å². The first-order chi connectivity index (χ1) is 17.5. The Hall–Kier alpha value is -3.16. The number of fused-ring (bicyclic) bond motifs is 1. The van der Waals surface area contributed by atoms with Crippen LogP contribution in [0.2, 0.25) is 0 Å². The number of methoxy groups -OCH3 is 1. The van der Waals surface area contributed by atoms with Crippen LogP contribution in [0.1, 0.15) is 30.5 Å². The monoisotopic (exact) mass is 533 g/mol. The highest BCUT2D eigenvalue weighted by Crippen LogP contribution is 2.31. The molecule has 10 heteroatoms. The van der Waals surface area contributed by atoms with Crippen molar-refractivity contribution in [2.45, 2.75) is 49.3 Å². The molecule has 4 rings (SSSR count). The summed E-state index contributed by atoms with van der Waals surface area (Å²) in [6.45, 7) is 0.681. The van der Waals surface area contributed by atoms with Crippen LogP contribution in [0.4, 0.5) is 18.9 Å². The molecule has 3 aromatic rings. The van der Waals surface area contributed by atoms with E-state index < -0.39 is 22.6 Å². The van der Waals surface area contributed by atoms with Crippen LogP contribution in [0.15, 0.2) is 47.4 Å². The second-order valence-electron chi connectivity index (χ2n) is 9.19. The lowest BCUT2D eigenvalue weighted by molar-refractivity contribution is -0.140. The van der Waals surface area contributed by atoms with Gasteiger partial charge >= 0.3 is 6.18 Å². The van der Waals surface area contributed by atoms with Crippen LogP contribution in [-0.4, -0.2) is 51.7 Å². The number of ether oxygens (including phenoxy) is 1. The molecule has 0 atom stereocenters. The Kier molecular flexibility index (Phi) is 8.05. The Morgan fingerprint density at radius 3 is 2.59 bits per heavy atom. The van der Waals surface area contributed by atoms with Gasteiger partial charge in [-0.2, -0.15) is 13.2 Å². The second-order valence-corrected chi connectivity index (χ2v) is 11.2. The maximum Gasteiger partial charge on any atom is 0.406 e. The van der Waals surface area contributed by atoms with Crippen LogP contribution in [0.3, 0.4) is 0 Å². The topological polar surface area (TPSA) is 72.4 Å². The van der Waals surface area contributed by atoms with E-state index in [1.54, 1.807) is 24.3 Å². The minimum Gasteiger partial charge on any atom is -0.496 e. The molecule has 2 N–H and O–H groups in total. The summed E-state index contributed by atoms with van der Waals surface area (Å²) in [5.41, 5.74) is 2.36. The summed E-state index contributed by atoms with van der Waals surface area (Å²) in [4.78, 5) is 0.157. The zero-order valence-corrected chi connectivity index (χ0v) is 21.6. The van der Waals surface area contributed by atoms with E-state index in [0.29, 0.717) is 35.2 Å². The van der Waals surface area contributed by atoms with Gasteiger partial charge in [-0.05, 0) is 74.2 Å². The summed E-state index contributed by atoms with van der Waals surface area (Å²) in [5, 5.41) is 7.53. The van der Waals surface area contributed by atoms with E-state index in [4.69, 9.17) is 4.74 Å². The van der Waals surface area contributed by atoms with Gasteiger partial charge in [0.25, 0.3) is 0 Å². The van der Waals surface area contributed by atoms with Crippen molar-refractivity contribution in [3.05, 3.63) is 53.7 Å². The fraction of sp³-hybridized carbons (Fsp3) is 0.407. The third kappa shape index (κ3) is 6.79. The first-order valence-corrected chi connectivity index (χ1v) is 14.0. The molecule has 2 aromatic carbocycles. The van der Waals surface area contributed by atoms with Gasteiger partial charge in [0.15, 0.2) is 9.84 Å². The van der Waals surface area contributed by atoms with Crippen molar-refractivity contribution in [1.82, 2.24) is 9.88 Å². The molecular weight excluding hydrogens is 503 g/mol. The molecule has 37 heavy (non-hydrogen) atoms. The lowest BCUT2D eigenvalue weighted by atomic mass is 10.1. The molecule has 1 aromatic heterocycles. The Labute approximate surface area is 215 Å². The maximum atomic E-state index is 13.5. The minimum absolute atomic E-state index is 0.157. The molecule has 0 aliphatic carbocycles. The highest BCUT2D eigenvalue weighted by Gasteiger charge is 2.30. The van der Waals surface area contributed by atoms with E-state index in [1.165, 1.54) is 23.8 Å². The average molecular weight is 534 g/mol. The lowest BCUT2D eigenvalue weighted by Gasteiger charge is -2.25. The number of piperidine rings is 1. The molecule has 0 amide bonds. The molecule has 0 spiro atoms. The number of sulfone groups is 1. The molecule has 0 radical (unpaired) electrons. The van der Waals surface area contributed by atoms with Crippen molar-refractivity contribution in [2.75, 3.05) is 31.8 Å². The van der Waals surface area contributed by atoms with Crippen molar-refractivity contribution >= 4 is 26.4 Å². The molecule has 0 bridgehead atoms. The first-order valence-electron chi connectivity index (χ1n) is 12.1. The van der Waals surface area contributed by atoms with Gasteiger partial charge in [0, 0.05) is 29.8 Å². The molecule has 1 aliphatic rings. The predicted molar refractivity (Wildman–Crippen MR) is 139 cm³/mol. The Morgan fingerprint density at radius 2 is 1.92 bits per heavy atom. The summed E-state index contributed by atoms with van der Waals surface area (Å²) < 4.78 is 70.5. The fourth-order valence-corrected chi connectivity index (χ4v) is 5.20. The smallest absolute Gasteiger partial charge is 0.406 e. The standard InChI is InChI=1S/C27H30F3N3O3S/c1-36-26-17-22(37(2,34)35)11-10-19(26)6-3-4-7-21-16-23-24(32-20-12-14-31-15-13-20)8-5-9-25(23)33(21)18-27(28,29)30/h5,8-11,16-17,20,31-32H,3,6,12-15,18H2,1-2H3. The van der Waals surface area contributed by atoms with Gasteiger partial charge < -0.3 is 19.9 Å².